The number of rotatable bonds is 5. The molecule has 90 valence electrons. The molecular formula is C10H16N2O3S. The SMILES string of the molecule is COCC(NN)c1ccc(S(C)(=O)=O)cc1. The van der Waals surface area contributed by atoms with Gasteiger partial charge in [-0.2, -0.15) is 0 Å². The van der Waals surface area contributed by atoms with Crippen LogP contribution in [0.3, 0.4) is 0 Å². The normalized spacial score (nSPS) is 13.7. The summed E-state index contributed by atoms with van der Waals surface area (Å²) in [6.07, 6.45) is 1.18. The second-order valence-corrected chi connectivity index (χ2v) is 5.53. The van der Waals surface area contributed by atoms with Crippen molar-refractivity contribution in [3.63, 3.8) is 0 Å². The number of sulfone groups is 1. The van der Waals surface area contributed by atoms with E-state index in [4.69, 9.17) is 10.6 Å². The van der Waals surface area contributed by atoms with E-state index in [9.17, 15) is 8.42 Å². The minimum Gasteiger partial charge on any atom is -0.383 e. The van der Waals surface area contributed by atoms with Gasteiger partial charge in [-0.1, -0.05) is 12.1 Å². The fourth-order valence-electron chi connectivity index (χ4n) is 1.35. The van der Waals surface area contributed by atoms with Crippen molar-refractivity contribution in [1.82, 2.24) is 5.43 Å². The van der Waals surface area contributed by atoms with E-state index in [1.54, 1.807) is 31.4 Å². The first-order chi connectivity index (χ1) is 7.49. The van der Waals surface area contributed by atoms with Crippen LogP contribution in [0.15, 0.2) is 29.2 Å². The molecule has 0 fully saturated rings. The van der Waals surface area contributed by atoms with E-state index in [0.717, 1.165) is 5.56 Å². The van der Waals surface area contributed by atoms with E-state index in [1.165, 1.54) is 6.26 Å². The van der Waals surface area contributed by atoms with Gasteiger partial charge in [0.05, 0.1) is 17.5 Å². The minimum absolute atomic E-state index is 0.140. The van der Waals surface area contributed by atoms with Crippen LogP contribution in [-0.2, 0) is 14.6 Å². The van der Waals surface area contributed by atoms with Crippen LogP contribution in [0, 0.1) is 0 Å². The Bertz CT molecular complexity index is 428. The van der Waals surface area contributed by atoms with Gasteiger partial charge in [0.15, 0.2) is 9.84 Å². The molecule has 0 aromatic heterocycles. The van der Waals surface area contributed by atoms with Gasteiger partial charge < -0.3 is 4.74 Å². The molecule has 16 heavy (non-hydrogen) atoms. The zero-order chi connectivity index (χ0) is 12.2. The van der Waals surface area contributed by atoms with Crippen molar-refractivity contribution in [2.45, 2.75) is 10.9 Å². The Morgan fingerprint density at radius 2 is 1.94 bits per heavy atom. The fraction of sp³-hybridized carbons (Fsp3) is 0.400. The number of benzene rings is 1. The first-order valence-corrected chi connectivity index (χ1v) is 6.63. The van der Waals surface area contributed by atoms with Crippen molar-refractivity contribution < 1.29 is 13.2 Å². The number of methoxy groups -OCH3 is 1. The molecule has 0 radical (unpaired) electrons. The van der Waals surface area contributed by atoms with Crippen molar-refractivity contribution in [3.8, 4) is 0 Å². The highest BCUT2D eigenvalue weighted by molar-refractivity contribution is 7.90. The molecule has 5 nitrogen and oxygen atoms in total. The topological polar surface area (TPSA) is 81.4 Å². The van der Waals surface area contributed by atoms with E-state index in [-0.39, 0.29) is 6.04 Å². The summed E-state index contributed by atoms with van der Waals surface area (Å²) in [4.78, 5) is 0.296. The lowest BCUT2D eigenvalue weighted by Crippen LogP contribution is -2.31. The summed E-state index contributed by atoms with van der Waals surface area (Å²) >= 11 is 0. The third-order valence-electron chi connectivity index (χ3n) is 2.25. The molecule has 0 saturated heterocycles. The van der Waals surface area contributed by atoms with Crippen LogP contribution in [0.2, 0.25) is 0 Å². The van der Waals surface area contributed by atoms with Crippen molar-refractivity contribution in [2.24, 2.45) is 5.84 Å². The lowest BCUT2D eigenvalue weighted by atomic mass is 10.1. The molecule has 1 aromatic rings. The van der Waals surface area contributed by atoms with Crippen molar-refractivity contribution in [2.75, 3.05) is 20.0 Å². The van der Waals surface area contributed by atoms with Gasteiger partial charge in [0, 0.05) is 13.4 Å². The molecule has 0 spiro atoms. The lowest BCUT2D eigenvalue weighted by molar-refractivity contribution is 0.167. The fourth-order valence-corrected chi connectivity index (χ4v) is 1.99. The summed E-state index contributed by atoms with van der Waals surface area (Å²) in [5, 5.41) is 0. The Balaban J connectivity index is 2.93. The molecule has 0 amide bonds. The smallest absolute Gasteiger partial charge is 0.175 e. The van der Waals surface area contributed by atoms with Crippen LogP contribution in [0.25, 0.3) is 0 Å². The molecule has 1 unspecified atom stereocenters. The Labute approximate surface area is 95.5 Å². The van der Waals surface area contributed by atoms with Gasteiger partial charge in [-0.15, -0.1) is 0 Å². The highest BCUT2D eigenvalue weighted by atomic mass is 32.2. The molecule has 0 bridgehead atoms. The summed E-state index contributed by atoms with van der Waals surface area (Å²) < 4.78 is 27.5. The van der Waals surface area contributed by atoms with Crippen LogP contribution in [0.1, 0.15) is 11.6 Å². The highest BCUT2D eigenvalue weighted by Crippen LogP contribution is 2.16. The minimum atomic E-state index is -3.15. The van der Waals surface area contributed by atoms with E-state index in [2.05, 4.69) is 5.43 Å². The molecule has 0 aliphatic carbocycles. The predicted octanol–water partition coefficient (Wildman–Crippen LogP) is 0.241. The number of hydrogen-bond acceptors (Lipinski definition) is 5. The monoisotopic (exact) mass is 244 g/mol. The van der Waals surface area contributed by atoms with Gasteiger partial charge in [-0.3, -0.25) is 11.3 Å². The maximum absolute atomic E-state index is 11.2. The molecule has 0 aliphatic rings. The number of hydrogen-bond donors (Lipinski definition) is 2. The number of nitrogens with two attached hydrogens (primary N) is 1. The Kier molecular flexibility index (Phi) is 4.43. The zero-order valence-electron chi connectivity index (χ0n) is 9.30. The summed E-state index contributed by atoms with van der Waals surface area (Å²) in [5.41, 5.74) is 3.49. The van der Waals surface area contributed by atoms with Crippen molar-refractivity contribution in [3.05, 3.63) is 29.8 Å². The lowest BCUT2D eigenvalue weighted by Gasteiger charge is -2.15. The van der Waals surface area contributed by atoms with E-state index < -0.39 is 9.84 Å². The van der Waals surface area contributed by atoms with Crippen LogP contribution in [0.5, 0.6) is 0 Å². The van der Waals surface area contributed by atoms with Crippen LogP contribution >= 0.6 is 0 Å². The maximum atomic E-state index is 11.2. The third-order valence-corrected chi connectivity index (χ3v) is 3.37. The Morgan fingerprint density at radius 3 is 2.31 bits per heavy atom. The first kappa shape index (κ1) is 13.1. The Morgan fingerprint density at radius 1 is 1.38 bits per heavy atom. The molecule has 6 heteroatoms. The van der Waals surface area contributed by atoms with Gasteiger partial charge in [0.25, 0.3) is 0 Å². The quantitative estimate of drug-likeness (QED) is 0.573. The third kappa shape index (κ3) is 3.28. The van der Waals surface area contributed by atoms with Gasteiger partial charge in [0.1, 0.15) is 0 Å². The highest BCUT2D eigenvalue weighted by Gasteiger charge is 2.11. The summed E-state index contributed by atoms with van der Waals surface area (Å²) in [6, 6.07) is 6.42. The molecule has 0 heterocycles. The second kappa shape index (κ2) is 5.40. The van der Waals surface area contributed by atoms with Crippen molar-refractivity contribution >= 4 is 9.84 Å². The maximum Gasteiger partial charge on any atom is 0.175 e. The summed E-state index contributed by atoms with van der Waals surface area (Å²) in [7, 11) is -1.57. The first-order valence-electron chi connectivity index (χ1n) is 4.74. The molecule has 0 aliphatic heterocycles. The molecule has 3 N–H and O–H groups in total. The zero-order valence-corrected chi connectivity index (χ0v) is 10.1. The number of nitrogens with one attached hydrogen (secondary N) is 1. The van der Waals surface area contributed by atoms with Gasteiger partial charge in [-0.25, -0.2) is 8.42 Å². The average Bonchev–Trinajstić information content (AvgIpc) is 2.25. The standard InChI is InChI=1S/C10H16N2O3S/c1-15-7-10(12-11)8-3-5-9(6-4-8)16(2,13)14/h3-6,10,12H,7,11H2,1-2H3. The molecular weight excluding hydrogens is 228 g/mol. The number of ether oxygens (including phenoxy) is 1. The van der Waals surface area contributed by atoms with Crippen LogP contribution in [-0.4, -0.2) is 28.4 Å². The molecule has 1 rings (SSSR count). The largest absolute Gasteiger partial charge is 0.383 e. The summed E-state index contributed by atoms with van der Waals surface area (Å²) in [6.45, 7) is 0.425. The predicted molar refractivity (Wildman–Crippen MR) is 61.5 cm³/mol. The van der Waals surface area contributed by atoms with E-state index in [1.807, 2.05) is 0 Å². The molecule has 1 aromatic carbocycles. The van der Waals surface area contributed by atoms with E-state index >= 15 is 0 Å². The van der Waals surface area contributed by atoms with Gasteiger partial charge in [0.2, 0.25) is 0 Å². The molecule has 1 atom stereocenters. The second-order valence-electron chi connectivity index (χ2n) is 3.52. The number of hydrazine groups is 1. The van der Waals surface area contributed by atoms with E-state index in [0.29, 0.717) is 11.5 Å². The molecule has 0 saturated carbocycles. The van der Waals surface area contributed by atoms with Crippen molar-refractivity contribution in [1.29, 1.82) is 0 Å². The summed E-state index contributed by atoms with van der Waals surface area (Å²) in [5.74, 6) is 5.37. The average molecular weight is 244 g/mol. The Hall–Kier alpha value is -0.950. The van der Waals surface area contributed by atoms with Crippen LogP contribution in [0.4, 0.5) is 0 Å². The van der Waals surface area contributed by atoms with Gasteiger partial charge >= 0.3 is 0 Å². The van der Waals surface area contributed by atoms with Crippen LogP contribution < -0.4 is 11.3 Å². The van der Waals surface area contributed by atoms with Gasteiger partial charge in [-0.05, 0) is 17.7 Å².